The predicted molar refractivity (Wildman–Crippen MR) is 84.3 cm³/mol. The highest BCUT2D eigenvalue weighted by Gasteiger charge is 2.16. The molecule has 1 unspecified atom stereocenters. The van der Waals surface area contributed by atoms with Gasteiger partial charge in [0.1, 0.15) is 0 Å². The molecule has 0 radical (unpaired) electrons. The van der Waals surface area contributed by atoms with Gasteiger partial charge in [0, 0.05) is 28.5 Å². The number of hydrogen-bond acceptors (Lipinski definition) is 3. The normalized spacial score (nSPS) is 16.1. The minimum atomic E-state index is 0.447. The molecule has 0 spiro atoms. The van der Waals surface area contributed by atoms with Crippen LogP contribution >= 0.6 is 11.3 Å². The van der Waals surface area contributed by atoms with Crippen LogP contribution in [0.5, 0.6) is 0 Å². The summed E-state index contributed by atoms with van der Waals surface area (Å²) in [6.07, 6.45) is 9.31. The molecule has 0 aliphatic heterocycles. The number of nitrogens with one attached hydrogen (secondary N) is 1. The Labute approximate surface area is 125 Å². The summed E-state index contributed by atoms with van der Waals surface area (Å²) in [6, 6.07) is 2.87. The lowest BCUT2D eigenvalue weighted by molar-refractivity contribution is 0.511. The van der Waals surface area contributed by atoms with E-state index in [2.05, 4.69) is 36.5 Å². The molecule has 0 aromatic carbocycles. The van der Waals surface area contributed by atoms with E-state index in [-0.39, 0.29) is 0 Å². The van der Waals surface area contributed by atoms with E-state index in [1.165, 1.54) is 36.1 Å². The van der Waals surface area contributed by atoms with Crippen LogP contribution in [0.1, 0.15) is 46.7 Å². The lowest BCUT2D eigenvalue weighted by atomic mass is 9.99. The van der Waals surface area contributed by atoms with E-state index < -0.39 is 0 Å². The van der Waals surface area contributed by atoms with Crippen LogP contribution in [0.25, 0.3) is 0 Å². The molecule has 2 aromatic rings. The van der Waals surface area contributed by atoms with Crippen molar-refractivity contribution < 1.29 is 0 Å². The molecule has 2 aromatic heterocycles. The molecule has 1 N–H and O–H groups in total. The van der Waals surface area contributed by atoms with Crippen molar-refractivity contribution in [3.63, 3.8) is 0 Å². The summed E-state index contributed by atoms with van der Waals surface area (Å²) in [6.45, 7) is 6.25. The first-order chi connectivity index (χ1) is 9.72. The van der Waals surface area contributed by atoms with Crippen LogP contribution in [-0.2, 0) is 19.4 Å². The van der Waals surface area contributed by atoms with Gasteiger partial charge in [-0.25, -0.2) is 0 Å². The minimum Gasteiger partial charge on any atom is -0.308 e. The molecular weight excluding hydrogens is 266 g/mol. The Hall–Kier alpha value is -1.13. The Morgan fingerprint density at radius 1 is 1.40 bits per heavy atom. The fraction of sp³-hybridized carbons (Fsp3) is 0.562. The van der Waals surface area contributed by atoms with Gasteiger partial charge in [0.05, 0.1) is 12.7 Å². The summed E-state index contributed by atoms with van der Waals surface area (Å²) in [5.41, 5.74) is 2.83. The standard InChI is InChI=1S/C16H23N3S/c1-12-10-18-19(11-12)8-7-17-13(2)16-9-14-5-3-4-6-15(14)20-16/h9-11,13,17H,3-8H2,1-2H3. The van der Waals surface area contributed by atoms with E-state index in [1.54, 1.807) is 10.4 Å². The minimum absolute atomic E-state index is 0.447. The number of rotatable bonds is 5. The maximum absolute atomic E-state index is 4.32. The average Bonchev–Trinajstić information content (AvgIpc) is 3.04. The van der Waals surface area contributed by atoms with E-state index in [9.17, 15) is 0 Å². The van der Waals surface area contributed by atoms with Crippen LogP contribution in [-0.4, -0.2) is 16.3 Å². The third-order valence-electron chi connectivity index (χ3n) is 4.00. The summed E-state index contributed by atoms with van der Waals surface area (Å²) in [5.74, 6) is 0. The van der Waals surface area contributed by atoms with E-state index >= 15 is 0 Å². The van der Waals surface area contributed by atoms with Crippen LogP contribution < -0.4 is 5.32 Å². The fourth-order valence-corrected chi connectivity index (χ4v) is 4.10. The van der Waals surface area contributed by atoms with E-state index in [0.717, 1.165) is 13.1 Å². The molecule has 0 amide bonds. The smallest absolute Gasteiger partial charge is 0.0534 e. The summed E-state index contributed by atoms with van der Waals surface area (Å²) < 4.78 is 2.01. The first-order valence-electron chi connectivity index (χ1n) is 7.56. The van der Waals surface area contributed by atoms with Crippen molar-refractivity contribution in [1.29, 1.82) is 0 Å². The van der Waals surface area contributed by atoms with Crippen molar-refractivity contribution in [3.8, 4) is 0 Å². The van der Waals surface area contributed by atoms with E-state index in [4.69, 9.17) is 0 Å². The van der Waals surface area contributed by atoms with Crippen LogP contribution in [0.2, 0.25) is 0 Å². The second-order valence-electron chi connectivity index (χ2n) is 5.76. The Balaban J connectivity index is 1.53. The fourth-order valence-electron chi connectivity index (χ4n) is 2.81. The molecule has 0 saturated heterocycles. The summed E-state index contributed by atoms with van der Waals surface area (Å²) in [7, 11) is 0. The number of aromatic nitrogens is 2. The Kier molecular flexibility index (Phi) is 4.22. The lowest BCUT2D eigenvalue weighted by Gasteiger charge is -2.12. The highest BCUT2D eigenvalue weighted by molar-refractivity contribution is 7.12. The molecule has 3 nitrogen and oxygen atoms in total. The maximum atomic E-state index is 4.32. The molecule has 2 heterocycles. The van der Waals surface area contributed by atoms with Gasteiger partial charge < -0.3 is 5.32 Å². The molecule has 0 fully saturated rings. The monoisotopic (exact) mass is 289 g/mol. The molecule has 1 aliphatic carbocycles. The maximum Gasteiger partial charge on any atom is 0.0534 e. The van der Waals surface area contributed by atoms with Gasteiger partial charge in [-0.1, -0.05) is 0 Å². The first kappa shape index (κ1) is 13.8. The van der Waals surface area contributed by atoms with Gasteiger partial charge in [-0.05, 0) is 56.7 Å². The molecule has 1 atom stereocenters. The quantitative estimate of drug-likeness (QED) is 0.913. The van der Waals surface area contributed by atoms with Crippen LogP contribution in [0.4, 0.5) is 0 Å². The highest BCUT2D eigenvalue weighted by Crippen LogP contribution is 2.32. The number of aryl methyl sites for hydroxylation is 3. The molecule has 4 heteroatoms. The molecule has 108 valence electrons. The zero-order valence-corrected chi connectivity index (χ0v) is 13.2. The predicted octanol–water partition coefficient (Wildman–Crippen LogP) is 3.48. The lowest BCUT2D eigenvalue weighted by Crippen LogP contribution is -2.22. The first-order valence-corrected chi connectivity index (χ1v) is 8.38. The third-order valence-corrected chi connectivity index (χ3v) is 5.42. The largest absolute Gasteiger partial charge is 0.308 e. The average molecular weight is 289 g/mol. The summed E-state index contributed by atoms with van der Waals surface area (Å²) in [5, 5.41) is 7.93. The molecule has 0 bridgehead atoms. The van der Waals surface area contributed by atoms with Crippen molar-refractivity contribution >= 4 is 11.3 Å². The molecular formula is C16H23N3S. The van der Waals surface area contributed by atoms with Gasteiger partial charge >= 0.3 is 0 Å². The van der Waals surface area contributed by atoms with Crippen LogP contribution in [0.3, 0.4) is 0 Å². The molecule has 0 saturated carbocycles. The summed E-state index contributed by atoms with van der Waals surface area (Å²) >= 11 is 2.01. The van der Waals surface area contributed by atoms with Crippen molar-refractivity contribution in [3.05, 3.63) is 39.3 Å². The Morgan fingerprint density at radius 3 is 3.00 bits per heavy atom. The number of nitrogens with zero attached hydrogens (tertiary/aromatic N) is 2. The highest BCUT2D eigenvalue weighted by atomic mass is 32.1. The molecule has 3 rings (SSSR count). The topological polar surface area (TPSA) is 29.9 Å². The zero-order valence-electron chi connectivity index (χ0n) is 12.4. The van der Waals surface area contributed by atoms with Crippen molar-refractivity contribution in [2.24, 2.45) is 0 Å². The van der Waals surface area contributed by atoms with Gasteiger partial charge in [0.25, 0.3) is 0 Å². The molecule has 20 heavy (non-hydrogen) atoms. The van der Waals surface area contributed by atoms with Gasteiger partial charge in [0.2, 0.25) is 0 Å². The van der Waals surface area contributed by atoms with Crippen LogP contribution in [0, 0.1) is 6.92 Å². The van der Waals surface area contributed by atoms with Gasteiger partial charge in [0.15, 0.2) is 0 Å². The number of thiophene rings is 1. The van der Waals surface area contributed by atoms with E-state index in [0.29, 0.717) is 6.04 Å². The number of fused-ring (bicyclic) bond motifs is 1. The second-order valence-corrected chi connectivity index (χ2v) is 6.93. The van der Waals surface area contributed by atoms with Crippen LogP contribution in [0.15, 0.2) is 18.5 Å². The number of hydrogen-bond donors (Lipinski definition) is 1. The van der Waals surface area contributed by atoms with Gasteiger partial charge in [-0.15, -0.1) is 11.3 Å². The summed E-state index contributed by atoms with van der Waals surface area (Å²) in [4.78, 5) is 3.12. The Morgan fingerprint density at radius 2 is 2.25 bits per heavy atom. The third kappa shape index (κ3) is 3.13. The van der Waals surface area contributed by atoms with Crippen molar-refractivity contribution in [2.75, 3.05) is 6.54 Å². The van der Waals surface area contributed by atoms with Gasteiger partial charge in [-0.3, -0.25) is 4.68 Å². The molecule has 1 aliphatic rings. The van der Waals surface area contributed by atoms with Gasteiger partial charge in [-0.2, -0.15) is 5.10 Å². The second kappa shape index (κ2) is 6.10. The SMILES string of the molecule is Cc1cnn(CCNC(C)c2cc3c(s2)CCCC3)c1. The zero-order chi connectivity index (χ0) is 13.9. The Bertz CT molecular complexity index is 547. The van der Waals surface area contributed by atoms with Crippen molar-refractivity contribution in [2.45, 2.75) is 52.1 Å². The van der Waals surface area contributed by atoms with E-state index in [1.807, 2.05) is 22.2 Å². The van der Waals surface area contributed by atoms with Crippen molar-refractivity contribution in [1.82, 2.24) is 15.1 Å².